The number of alkyl halides is 3. The number of aromatic nitrogens is 2. The molecule has 3 nitrogen and oxygen atoms in total. The van der Waals surface area contributed by atoms with Gasteiger partial charge in [0.15, 0.2) is 5.69 Å². The van der Waals surface area contributed by atoms with Crippen molar-refractivity contribution in [3.05, 3.63) is 41.7 Å². The average molecular weight is 267 g/mol. The lowest BCUT2D eigenvalue weighted by Gasteiger charge is -2.09. The first-order valence-electron chi connectivity index (χ1n) is 5.99. The Morgan fingerprint density at radius 3 is 2.47 bits per heavy atom. The van der Waals surface area contributed by atoms with Gasteiger partial charge in [0, 0.05) is 11.6 Å². The second-order valence-corrected chi connectivity index (χ2v) is 4.70. The summed E-state index contributed by atoms with van der Waals surface area (Å²) in [4.78, 5) is 0. The van der Waals surface area contributed by atoms with Crippen molar-refractivity contribution in [2.45, 2.75) is 24.9 Å². The molecule has 2 N–H and O–H groups in total. The molecule has 1 aliphatic carbocycles. The first-order chi connectivity index (χ1) is 8.97. The van der Waals surface area contributed by atoms with E-state index in [1.807, 2.05) is 0 Å². The van der Waals surface area contributed by atoms with Crippen LogP contribution in [0.3, 0.4) is 0 Å². The fourth-order valence-electron chi connectivity index (χ4n) is 2.08. The summed E-state index contributed by atoms with van der Waals surface area (Å²) in [5, 5.41) is 3.69. The molecular formula is C13H12F3N3. The summed E-state index contributed by atoms with van der Waals surface area (Å²) in [6.45, 7) is 0. The van der Waals surface area contributed by atoms with E-state index in [4.69, 9.17) is 5.73 Å². The Morgan fingerprint density at radius 2 is 1.89 bits per heavy atom. The zero-order chi connectivity index (χ0) is 13.6. The third-order valence-corrected chi connectivity index (χ3v) is 3.19. The van der Waals surface area contributed by atoms with Crippen molar-refractivity contribution < 1.29 is 13.2 Å². The van der Waals surface area contributed by atoms with Gasteiger partial charge < -0.3 is 5.73 Å². The summed E-state index contributed by atoms with van der Waals surface area (Å²) in [5.41, 5.74) is 6.46. The molecule has 1 aromatic carbocycles. The van der Waals surface area contributed by atoms with Gasteiger partial charge in [0.2, 0.25) is 0 Å². The van der Waals surface area contributed by atoms with E-state index in [9.17, 15) is 13.2 Å². The highest BCUT2D eigenvalue weighted by Gasteiger charge is 2.38. The van der Waals surface area contributed by atoms with Crippen LogP contribution in [0, 0.1) is 0 Å². The zero-order valence-corrected chi connectivity index (χ0v) is 9.98. The first-order valence-corrected chi connectivity index (χ1v) is 5.99. The molecule has 0 atom stereocenters. The van der Waals surface area contributed by atoms with Crippen LogP contribution in [0.2, 0.25) is 0 Å². The highest BCUT2D eigenvalue weighted by atomic mass is 19.4. The molecule has 1 saturated carbocycles. The van der Waals surface area contributed by atoms with Crippen molar-refractivity contribution >= 4 is 5.69 Å². The van der Waals surface area contributed by atoms with Crippen molar-refractivity contribution in [1.82, 2.24) is 9.78 Å². The fraction of sp³-hybridized carbons (Fsp3) is 0.308. The number of halogens is 3. The van der Waals surface area contributed by atoms with Crippen LogP contribution in [0.4, 0.5) is 18.9 Å². The third-order valence-electron chi connectivity index (χ3n) is 3.19. The summed E-state index contributed by atoms with van der Waals surface area (Å²) >= 11 is 0. The van der Waals surface area contributed by atoms with E-state index in [0.29, 0.717) is 17.1 Å². The minimum Gasteiger partial charge on any atom is -0.397 e. The lowest BCUT2D eigenvalue weighted by atomic mass is 10.2. The lowest BCUT2D eigenvalue weighted by molar-refractivity contribution is -0.141. The third kappa shape index (κ3) is 2.18. The zero-order valence-electron chi connectivity index (χ0n) is 9.98. The molecule has 1 heterocycles. The number of benzene rings is 1. The topological polar surface area (TPSA) is 43.8 Å². The Kier molecular flexibility index (Phi) is 2.55. The maximum absolute atomic E-state index is 12.8. The predicted molar refractivity (Wildman–Crippen MR) is 65.0 cm³/mol. The van der Waals surface area contributed by atoms with Crippen LogP contribution < -0.4 is 5.73 Å². The number of para-hydroxylation sites is 2. The Balaban J connectivity index is 2.15. The Morgan fingerprint density at radius 1 is 1.21 bits per heavy atom. The van der Waals surface area contributed by atoms with Gasteiger partial charge in [-0.1, -0.05) is 12.1 Å². The van der Waals surface area contributed by atoms with Crippen molar-refractivity contribution in [2.24, 2.45) is 0 Å². The van der Waals surface area contributed by atoms with E-state index in [-0.39, 0.29) is 5.92 Å². The molecule has 3 rings (SSSR count). The Hall–Kier alpha value is -1.98. The van der Waals surface area contributed by atoms with Gasteiger partial charge in [-0.05, 0) is 31.0 Å². The van der Waals surface area contributed by atoms with Crippen LogP contribution in [0.1, 0.15) is 30.1 Å². The molecule has 1 aliphatic rings. The van der Waals surface area contributed by atoms with Crippen LogP contribution in [0.15, 0.2) is 30.3 Å². The maximum Gasteiger partial charge on any atom is 0.435 e. The quantitative estimate of drug-likeness (QED) is 0.848. The summed E-state index contributed by atoms with van der Waals surface area (Å²) in [6, 6.07) is 7.93. The van der Waals surface area contributed by atoms with Crippen LogP contribution in [0.5, 0.6) is 0 Å². The van der Waals surface area contributed by atoms with Crippen molar-refractivity contribution in [1.29, 1.82) is 0 Å². The van der Waals surface area contributed by atoms with Crippen LogP contribution >= 0.6 is 0 Å². The fourth-order valence-corrected chi connectivity index (χ4v) is 2.08. The van der Waals surface area contributed by atoms with Gasteiger partial charge >= 0.3 is 6.18 Å². The highest BCUT2D eigenvalue weighted by Crippen LogP contribution is 2.43. The van der Waals surface area contributed by atoms with E-state index in [0.717, 1.165) is 18.9 Å². The van der Waals surface area contributed by atoms with Gasteiger partial charge in [0.25, 0.3) is 0 Å². The van der Waals surface area contributed by atoms with Gasteiger partial charge in [-0.3, -0.25) is 0 Å². The van der Waals surface area contributed by atoms with E-state index in [2.05, 4.69) is 5.10 Å². The summed E-state index contributed by atoms with van der Waals surface area (Å²) in [6.07, 6.45) is -2.64. The lowest BCUT2D eigenvalue weighted by Crippen LogP contribution is -2.08. The minimum atomic E-state index is -4.43. The molecule has 0 radical (unpaired) electrons. The first kappa shape index (κ1) is 12.1. The molecule has 0 aliphatic heterocycles. The second-order valence-electron chi connectivity index (χ2n) is 4.70. The molecule has 100 valence electrons. The van der Waals surface area contributed by atoms with Crippen molar-refractivity contribution in [3.8, 4) is 5.69 Å². The summed E-state index contributed by atoms with van der Waals surface area (Å²) < 4.78 is 39.7. The maximum atomic E-state index is 12.8. The highest BCUT2D eigenvalue weighted by molar-refractivity contribution is 5.58. The van der Waals surface area contributed by atoms with Gasteiger partial charge in [0.1, 0.15) is 0 Å². The number of nitrogen functional groups attached to an aromatic ring is 1. The van der Waals surface area contributed by atoms with Gasteiger partial charge in [-0.2, -0.15) is 18.3 Å². The standard InChI is InChI=1S/C13H12F3N3/c14-13(15,16)12-7-11(8-5-6-8)19(18-12)10-4-2-1-3-9(10)17/h1-4,7-8H,5-6,17H2. The van der Waals surface area contributed by atoms with Crippen molar-refractivity contribution in [3.63, 3.8) is 0 Å². The van der Waals surface area contributed by atoms with E-state index in [1.165, 1.54) is 4.68 Å². The summed E-state index contributed by atoms with van der Waals surface area (Å²) in [7, 11) is 0. The number of nitrogens with two attached hydrogens (primary N) is 1. The number of nitrogens with zero attached hydrogens (tertiary/aromatic N) is 2. The van der Waals surface area contributed by atoms with Crippen molar-refractivity contribution in [2.75, 3.05) is 5.73 Å². The summed E-state index contributed by atoms with van der Waals surface area (Å²) in [5.74, 6) is 0.156. The van der Waals surface area contributed by atoms with E-state index < -0.39 is 11.9 Å². The minimum absolute atomic E-state index is 0.156. The van der Waals surface area contributed by atoms with Gasteiger partial charge in [-0.25, -0.2) is 4.68 Å². The molecule has 0 unspecified atom stereocenters. The molecule has 0 saturated heterocycles. The molecule has 1 fully saturated rings. The smallest absolute Gasteiger partial charge is 0.397 e. The van der Waals surface area contributed by atoms with E-state index >= 15 is 0 Å². The van der Waals surface area contributed by atoms with Gasteiger partial charge in [0.05, 0.1) is 11.4 Å². The Bertz CT molecular complexity index is 612. The van der Waals surface area contributed by atoms with Gasteiger partial charge in [-0.15, -0.1) is 0 Å². The number of hydrogen-bond acceptors (Lipinski definition) is 2. The predicted octanol–water partition coefficient (Wildman–Crippen LogP) is 3.35. The molecule has 1 aromatic heterocycles. The average Bonchev–Trinajstić information content (AvgIpc) is 3.08. The molecule has 19 heavy (non-hydrogen) atoms. The largest absolute Gasteiger partial charge is 0.435 e. The Labute approximate surface area is 107 Å². The molecular weight excluding hydrogens is 255 g/mol. The number of hydrogen-bond donors (Lipinski definition) is 1. The normalized spacial score (nSPS) is 15.7. The molecule has 6 heteroatoms. The van der Waals surface area contributed by atoms with Crippen LogP contribution in [-0.2, 0) is 6.18 Å². The molecule has 0 spiro atoms. The van der Waals surface area contributed by atoms with E-state index in [1.54, 1.807) is 24.3 Å². The molecule has 0 amide bonds. The van der Waals surface area contributed by atoms with Crippen LogP contribution in [-0.4, -0.2) is 9.78 Å². The van der Waals surface area contributed by atoms with Crippen LogP contribution in [0.25, 0.3) is 5.69 Å². The second kappa shape index (κ2) is 4.01. The SMILES string of the molecule is Nc1ccccc1-n1nc(C(F)(F)F)cc1C1CC1. The molecule has 2 aromatic rings. The molecule has 0 bridgehead atoms. The number of anilines is 1. The monoisotopic (exact) mass is 267 g/mol. The number of rotatable bonds is 2.